The maximum absolute atomic E-state index is 11.7. The van der Waals surface area contributed by atoms with Gasteiger partial charge in [0.1, 0.15) is 5.69 Å². The summed E-state index contributed by atoms with van der Waals surface area (Å²) in [6.07, 6.45) is 5.10. The fourth-order valence-corrected chi connectivity index (χ4v) is 1.88. The molecule has 2 N–H and O–H groups in total. The molecule has 1 rings (SSSR count). The van der Waals surface area contributed by atoms with Crippen molar-refractivity contribution in [1.29, 1.82) is 0 Å². The number of hydrogen-bond donors (Lipinski definition) is 2. The number of carbonyl (C=O) groups is 2. The Labute approximate surface area is 115 Å². The van der Waals surface area contributed by atoms with Crippen LogP contribution >= 0.6 is 11.8 Å². The molecule has 100 valence electrons. The van der Waals surface area contributed by atoms with Crippen molar-refractivity contribution in [1.82, 2.24) is 10.3 Å². The molecule has 0 spiro atoms. The Balaban J connectivity index is 2.56. The van der Waals surface area contributed by atoms with Gasteiger partial charge < -0.3 is 10.4 Å². The summed E-state index contributed by atoms with van der Waals surface area (Å²) in [6, 6.07) is 2.78. The zero-order chi connectivity index (χ0) is 14.3. The first-order valence-electron chi connectivity index (χ1n) is 5.56. The Morgan fingerprint density at radius 2 is 2.26 bits per heavy atom. The lowest BCUT2D eigenvalue weighted by atomic mass is 10.2. The van der Waals surface area contributed by atoms with Crippen LogP contribution in [0.15, 0.2) is 12.1 Å². The average molecular weight is 278 g/mol. The lowest BCUT2D eigenvalue weighted by molar-refractivity contribution is 0.0694. The van der Waals surface area contributed by atoms with E-state index in [2.05, 4.69) is 16.2 Å². The highest BCUT2D eigenvalue weighted by molar-refractivity contribution is 7.99. The normalized spacial score (nSPS) is 9.68. The standard InChI is InChI=1S/C13H14N2O3S/c1-3-7-19-8-6-14-12(16)11-5-4-10(13(17)18)9(2)15-11/h1,4-5H,6-8H2,2H3,(H,14,16)(H,17,18). The van der Waals surface area contributed by atoms with Crippen LogP contribution in [-0.4, -0.2) is 40.0 Å². The molecule has 0 radical (unpaired) electrons. The smallest absolute Gasteiger partial charge is 0.337 e. The molecule has 0 aromatic carbocycles. The molecule has 0 bridgehead atoms. The van der Waals surface area contributed by atoms with Gasteiger partial charge in [-0.15, -0.1) is 18.2 Å². The number of carboxylic acids is 1. The number of carbonyl (C=O) groups excluding carboxylic acids is 1. The molecule has 0 unspecified atom stereocenters. The first-order valence-corrected chi connectivity index (χ1v) is 6.72. The maximum atomic E-state index is 11.7. The molecule has 0 aliphatic heterocycles. The molecule has 5 nitrogen and oxygen atoms in total. The van der Waals surface area contributed by atoms with Crippen molar-refractivity contribution in [2.24, 2.45) is 0 Å². The number of aromatic nitrogens is 1. The molecular formula is C13H14N2O3S. The number of hydrogen-bond acceptors (Lipinski definition) is 4. The Bertz CT molecular complexity index is 523. The molecule has 0 atom stereocenters. The second-order valence-electron chi connectivity index (χ2n) is 3.65. The van der Waals surface area contributed by atoms with E-state index in [-0.39, 0.29) is 17.2 Å². The van der Waals surface area contributed by atoms with Crippen LogP contribution in [0.25, 0.3) is 0 Å². The minimum Gasteiger partial charge on any atom is -0.478 e. The van der Waals surface area contributed by atoms with Crippen LogP contribution in [0.5, 0.6) is 0 Å². The van der Waals surface area contributed by atoms with Gasteiger partial charge >= 0.3 is 5.97 Å². The van der Waals surface area contributed by atoms with Gasteiger partial charge in [-0.1, -0.05) is 5.92 Å². The SMILES string of the molecule is C#CCSCCNC(=O)c1ccc(C(=O)O)c(C)n1. The average Bonchev–Trinajstić information content (AvgIpc) is 2.37. The van der Waals surface area contributed by atoms with Crippen molar-refractivity contribution in [3.8, 4) is 12.3 Å². The third kappa shape index (κ3) is 4.64. The van der Waals surface area contributed by atoms with Gasteiger partial charge in [0.25, 0.3) is 5.91 Å². The zero-order valence-corrected chi connectivity index (χ0v) is 11.3. The van der Waals surface area contributed by atoms with Gasteiger partial charge in [-0.25, -0.2) is 9.78 Å². The minimum atomic E-state index is -1.05. The van der Waals surface area contributed by atoms with Crippen molar-refractivity contribution in [2.45, 2.75) is 6.92 Å². The molecule has 0 aliphatic rings. The second-order valence-corrected chi connectivity index (χ2v) is 4.75. The lowest BCUT2D eigenvalue weighted by Gasteiger charge is -2.06. The molecule has 19 heavy (non-hydrogen) atoms. The predicted molar refractivity (Wildman–Crippen MR) is 74.4 cm³/mol. The third-order valence-corrected chi connectivity index (χ3v) is 3.13. The Hall–Kier alpha value is -2.00. The predicted octanol–water partition coefficient (Wildman–Crippen LogP) is 1.18. The van der Waals surface area contributed by atoms with Gasteiger partial charge in [-0.2, -0.15) is 0 Å². The number of aryl methyl sites for hydroxylation is 1. The van der Waals surface area contributed by atoms with E-state index in [9.17, 15) is 9.59 Å². The molecule has 1 aromatic rings. The van der Waals surface area contributed by atoms with Crippen molar-refractivity contribution in [3.63, 3.8) is 0 Å². The van der Waals surface area contributed by atoms with E-state index < -0.39 is 5.97 Å². The highest BCUT2D eigenvalue weighted by atomic mass is 32.2. The third-order valence-electron chi connectivity index (χ3n) is 2.27. The second kappa shape index (κ2) is 7.44. The Morgan fingerprint density at radius 3 is 2.84 bits per heavy atom. The van der Waals surface area contributed by atoms with Crippen LogP contribution in [0.4, 0.5) is 0 Å². The van der Waals surface area contributed by atoms with Gasteiger partial charge in [0.2, 0.25) is 0 Å². The fourth-order valence-electron chi connectivity index (χ4n) is 1.37. The van der Waals surface area contributed by atoms with Gasteiger partial charge in [-0.05, 0) is 19.1 Å². The van der Waals surface area contributed by atoms with Crippen LogP contribution in [0, 0.1) is 19.3 Å². The van der Waals surface area contributed by atoms with Crippen LogP contribution in [0.2, 0.25) is 0 Å². The van der Waals surface area contributed by atoms with E-state index in [1.807, 2.05) is 0 Å². The maximum Gasteiger partial charge on any atom is 0.337 e. The number of aromatic carboxylic acids is 1. The molecule has 1 heterocycles. The summed E-state index contributed by atoms with van der Waals surface area (Å²) in [5.41, 5.74) is 0.632. The minimum absolute atomic E-state index is 0.0983. The number of pyridine rings is 1. The molecule has 1 aromatic heterocycles. The number of nitrogens with one attached hydrogen (secondary N) is 1. The van der Waals surface area contributed by atoms with E-state index in [0.29, 0.717) is 18.0 Å². The van der Waals surface area contributed by atoms with E-state index >= 15 is 0 Å². The first kappa shape index (κ1) is 15.1. The van der Waals surface area contributed by atoms with Gasteiger partial charge in [-0.3, -0.25) is 4.79 Å². The molecule has 6 heteroatoms. The quantitative estimate of drug-likeness (QED) is 0.603. The summed E-state index contributed by atoms with van der Waals surface area (Å²) in [7, 11) is 0. The van der Waals surface area contributed by atoms with Crippen LogP contribution in [0.1, 0.15) is 26.5 Å². The number of terminal acetylenes is 1. The largest absolute Gasteiger partial charge is 0.478 e. The lowest BCUT2D eigenvalue weighted by Crippen LogP contribution is -2.27. The molecular weight excluding hydrogens is 264 g/mol. The Kier molecular flexibility index (Phi) is 5.90. The Morgan fingerprint density at radius 1 is 1.53 bits per heavy atom. The van der Waals surface area contributed by atoms with E-state index in [0.717, 1.165) is 5.75 Å². The number of rotatable bonds is 6. The van der Waals surface area contributed by atoms with Crippen molar-refractivity contribution in [3.05, 3.63) is 29.1 Å². The molecule has 0 saturated carbocycles. The molecule has 1 amide bonds. The summed E-state index contributed by atoms with van der Waals surface area (Å²) in [4.78, 5) is 26.5. The zero-order valence-electron chi connectivity index (χ0n) is 10.5. The molecule has 0 saturated heterocycles. The van der Waals surface area contributed by atoms with Gasteiger partial charge in [0.15, 0.2) is 0 Å². The number of thioether (sulfide) groups is 1. The fraction of sp³-hybridized carbons (Fsp3) is 0.308. The van der Waals surface area contributed by atoms with Crippen molar-refractivity contribution < 1.29 is 14.7 Å². The van der Waals surface area contributed by atoms with E-state index in [1.165, 1.54) is 12.1 Å². The molecule has 0 fully saturated rings. The topological polar surface area (TPSA) is 79.3 Å². The highest BCUT2D eigenvalue weighted by Gasteiger charge is 2.12. The van der Waals surface area contributed by atoms with Crippen LogP contribution in [-0.2, 0) is 0 Å². The highest BCUT2D eigenvalue weighted by Crippen LogP contribution is 2.07. The molecule has 0 aliphatic carbocycles. The summed E-state index contributed by atoms with van der Waals surface area (Å²) in [5, 5.41) is 11.6. The number of carboxylic acid groups (broad SMARTS) is 1. The number of amides is 1. The van der Waals surface area contributed by atoms with Crippen LogP contribution < -0.4 is 5.32 Å². The van der Waals surface area contributed by atoms with E-state index in [1.54, 1.807) is 18.7 Å². The summed E-state index contributed by atoms with van der Waals surface area (Å²) in [6.45, 7) is 2.05. The summed E-state index contributed by atoms with van der Waals surface area (Å²) in [5.74, 6) is 2.46. The van der Waals surface area contributed by atoms with Gasteiger partial charge in [0.05, 0.1) is 17.0 Å². The van der Waals surface area contributed by atoms with E-state index in [4.69, 9.17) is 11.5 Å². The first-order chi connectivity index (χ1) is 9.06. The monoisotopic (exact) mass is 278 g/mol. The number of nitrogens with zero attached hydrogens (tertiary/aromatic N) is 1. The van der Waals surface area contributed by atoms with Crippen molar-refractivity contribution >= 4 is 23.6 Å². The van der Waals surface area contributed by atoms with Gasteiger partial charge in [0, 0.05) is 12.3 Å². The van der Waals surface area contributed by atoms with Crippen LogP contribution in [0.3, 0.4) is 0 Å². The summed E-state index contributed by atoms with van der Waals surface area (Å²) >= 11 is 1.55. The summed E-state index contributed by atoms with van der Waals surface area (Å²) < 4.78 is 0. The van der Waals surface area contributed by atoms with Crippen molar-refractivity contribution in [2.75, 3.05) is 18.1 Å².